The van der Waals surface area contributed by atoms with E-state index in [0.29, 0.717) is 5.69 Å². The third kappa shape index (κ3) is 3.39. The molecule has 1 saturated heterocycles. The number of fused-ring (bicyclic) bond motifs is 1. The molecule has 1 N–H and O–H groups in total. The van der Waals surface area contributed by atoms with E-state index in [1.807, 2.05) is 48.5 Å². The van der Waals surface area contributed by atoms with Crippen molar-refractivity contribution in [2.75, 3.05) is 43.4 Å². The van der Waals surface area contributed by atoms with Crippen molar-refractivity contribution in [2.45, 2.75) is 0 Å². The lowest BCUT2D eigenvalue weighted by molar-refractivity contribution is 0.102. The predicted molar refractivity (Wildman–Crippen MR) is 106 cm³/mol. The van der Waals surface area contributed by atoms with Crippen molar-refractivity contribution in [1.29, 1.82) is 0 Å². The van der Waals surface area contributed by atoms with Crippen LogP contribution in [0.2, 0.25) is 0 Å². The van der Waals surface area contributed by atoms with Crippen LogP contribution in [0, 0.1) is 0 Å². The Morgan fingerprint density at radius 1 is 0.923 bits per heavy atom. The molecule has 5 heteroatoms. The van der Waals surface area contributed by atoms with Crippen LogP contribution in [0.15, 0.2) is 60.7 Å². The number of pyridine rings is 1. The van der Waals surface area contributed by atoms with Crippen molar-refractivity contribution in [2.24, 2.45) is 0 Å². The summed E-state index contributed by atoms with van der Waals surface area (Å²) in [5.41, 5.74) is 3.15. The smallest absolute Gasteiger partial charge is 0.274 e. The molecule has 4 rings (SSSR count). The van der Waals surface area contributed by atoms with E-state index in [0.717, 1.165) is 48.5 Å². The molecule has 2 heterocycles. The summed E-state index contributed by atoms with van der Waals surface area (Å²) in [4.78, 5) is 21.9. The Balaban J connectivity index is 1.57. The number of para-hydroxylation sites is 3. The van der Waals surface area contributed by atoms with E-state index in [9.17, 15) is 4.79 Å². The molecule has 132 valence electrons. The Morgan fingerprint density at radius 3 is 2.50 bits per heavy atom. The van der Waals surface area contributed by atoms with Crippen LogP contribution in [0.5, 0.6) is 0 Å². The average molecular weight is 346 g/mol. The summed E-state index contributed by atoms with van der Waals surface area (Å²) in [7, 11) is 2.14. The van der Waals surface area contributed by atoms with Gasteiger partial charge in [0, 0.05) is 31.6 Å². The molecule has 0 atom stereocenters. The molecular weight excluding hydrogens is 324 g/mol. The van der Waals surface area contributed by atoms with Crippen LogP contribution in [-0.2, 0) is 0 Å². The second kappa shape index (κ2) is 7.14. The third-order valence-electron chi connectivity index (χ3n) is 4.83. The zero-order valence-corrected chi connectivity index (χ0v) is 14.9. The number of aromatic nitrogens is 1. The van der Waals surface area contributed by atoms with Crippen LogP contribution < -0.4 is 10.2 Å². The van der Waals surface area contributed by atoms with E-state index >= 15 is 0 Å². The lowest BCUT2D eigenvalue weighted by atomic mass is 10.2. The molecule has 1 aliphatic rings. The fraction of sp³-hybridized carbons (Fsp3) is 0.238. The second-order valence-electron chi connectivity index (χ2n) is 6.65. The zero-order valence-electron chi connectivity index (χ0n) is 14.9. The summed E-state index contributed by atoms with van der Waals surface area (Å²) >= 11 is 0. The number of amides is 1. The first-order valence-corrected chi connectivity index (χ1v) is 8.90. The van der Waals surface area contributed by atoms with Gasteiger partial charge < -0.3 is 15.1 Å². The zero-order chi connectivity index (χ0) is 17.9. The Kier molecular flexibility index (Phi) is 4.54. The lowest BCUT2D eigenvalue weighted by Crippen LogP contribution is -2.44. The Bertz CT molecular complexity index is 932. The first-order chi connectivity index (χ1) is 12.7. The van der Waals surface area contributed by atoms with Gasteiger partial charge in [-0.25, -0.2) is 4.98 Å². The Morgan fingerprint density at radius 2 is 1.65 bits per heavy atom. The van der Waals surface area contributed by atoms with Crippen molar-refractivity contribution < 1.29 is 4.79 Å². The number of carbonyl (C=O) groups excluding carboxylic acids is 1. The van der Waals surface area contributed by atoms with Gasteiger partial charge in [0.1, 0.15) is 5.69 Å². The molecule has 1 fully saturated rings. The van der Waals surface area contributed by atoms with E-state index < -0.39 is 0 Å². The van der Waals surface area contributed by atoms with E-state index in [1.54, 1.807) is 6.07 Å². The highest BCUT2D eigenvalue weighted by Crippen LogP contribution is 2.27. The molecule has 0 unspecified atom stereocenters. The number of hydrogen-bond acceptors (Lipinski definition) is 4. The minimum absolute atomic E-state index is 0.183. The van der Waals surface area contributed by atoms with E-state index in [4.69, 9.17) is 0 Å². The Labute approximate surface area is 153 Å². The van der Waals surface area contributed by atoms with Crippen molar-refractivity contribution in [3.63, 3.8) is 0 Å². The molecule has 1 aliphatic heterocycles. The molecule has 3 aromatic rings. The molecule has 1 aromatic heterocycles. The molecule has 0 bridgehead atoms. The maximum Gasteiger partial charge on any atom is 0.274 e. The lowest BCUT2D eigenvalue weighted by Gasteiger charge is -2.35. The predicted octanol–water partition coefficient (Wildman–Crippen LogP) is 3.24. The second-order valence-corrected chi connectivity index (χ2v) is 6.65. The highest BCUT2D eigenvalue weighted by molar-refractivity contribution is 6.05. The number of piperazine rings is 1. The highest BCUT2D eigenvalue weighted by atomic mass is 16.1. The van der Waals surface area contributed by atoms with Crippen molar-refractivity contribution in [1.82, 2.24) is 9.88 Å². The summed E-state index contributed by atoms with van der Waals surface area (Å²) in [6.07, 6.45) is 0. The van der Waals surface area contributed by atoms with Gasteiger partial charge in [0.25, 0.3) is 5.91 Å². The number of benzene rings is 2. The van der Waals surface area contributed by atoms with Gasteiger partial charge in [-0.3, -0.25) is 4.79 Å². The molecule has 1 amide bonds. The van der Waals surface area contributed by atoms with Gasteiger partial charge in [-0.15, -0.1) is 0 Å². The van der Waals surface area contributed by atoms with Gasteiger partial charge in [-0.1, -0.05) is 36.4 Å². The molecule has 0 radical (unpaired) electrons. The van der Waals surface area contributed by atoms with E-state index in [1.165, 1.54) is 0 Å². The molecule has 2 aromatic carbocycles. The van der Waals surface area contributed by atoms with Crippen molar-refractivity contribution in [3.8, 4) is 0 Å². The number of nitrogens with zero attached hydrogens (tertiary/aromatic N) is 3. The summed E-state index contributed by atoms with van der Waals surface area (Å²) in [5, 5.41) is 4.07. The SMILES string of the molecule is CN1CCN(c2ccccc2NC(=O)c2ccc3ccccc3n2)CC1. The van der Waals surface area contributed by atoms with Crippen molar-refractivity contribution in [3.05, 3.63) is 66.4 Å². The fourth-order valence-electron chi connectivity index (χ4n) is 3.28. The maximum absolute atomic E-state index is 12.7. The van der Waals surface area contributed by atoms with E-state index in [-0.39, 0.29) is 5.91 Å². The summed E-state index contributed by atoms with van der Waals surface area (Å²) in [5.74, 6) is -0.183. The van der Waals surface area contributed by atoms with Gasteiger partial charge >= 0.3 is 0 Å². The molecule has 5 nitrogen and oxygen atoms in total. The number of hydrogen-bond donors (Lipinski definition) is 1. The minimum atomic E-state index is -0.183. The molecular formula is C21H22N4O. The van der Waals surface area contributed by atoms with Crippen LogP contribution in [0.3, 0.4) is 0 Å². The minimum Gasteiger partial charge on any atom is -0.367 e. The first-order valence-electron chi connectivity index (χ1n) is 8.90. The fourth-order valence-corrected chi connectivity index (χ4v) is 3.28. The summed E-state index contributed by atoms with van der Waals surface area (Å²) in [6.45, 7) is 3.96. The molecule has 0 saturated carbocycles. The van der Waals surface area contributed by atoms with Gasteiger partial charge in [0.2, 0.25) is 0 Å². The molecule has 0 aliphatic carbocycles. The first kappa shape index (κ1) is 16.5. The van der Waals surface area contributed by atoms with Crippen LogP contribution >= 0.6 is 0 Å². The number of carbonyl (C=O) groups is 1. The molecule has 0 spiro atoms. The van der Waals surface area contributed by atoms with Gasteiger partial charge in [0.15, 0.2) is 0 Å². The topological polar surface area (TPSA) is 48.5 Å². The van der Waals surface area contributed by atoms with Gasteiger partial charge in [-0.2, -0.15) is 0 Å². The highest BCUT2D eigenvalue weighted by Gasteiger charge is 2.18. The van der Waals surface area contributed by atoms with Crippen LogP contribution in [0.1, 0.15) is 10.5 Å². The van der Waals surface area contributed by atoms with Gasteiger partial charge in [0.05, 0.1) is 16.9 Å². The van der Waals surface area contributed by atoms with Gasteiger partial charge in [-0.05, 0) is 31.3 Å². The normalized spacial score (nSPS) is 15.2. The number of anilines is 2. The average Bonchev–Trinajstić information content (AvgIpc) is 2.69. The molecule has 26 heavy (non-hydrogen) atoms. The van der Waals surface area contributed by atoms with E-state index in [2.05, 4.69) is 33.2 Å². The quantitative estimate of drug-likeness (QED) is 0.791. The largest absolute Gasteiger partial charge is 0.367 e. The number of rotatable bonds is 3. The van der Waals surface area contributed by atoms with Crippen molar-refractivity contribution >= 4 is 28.2 Å². The summed E-state index contributed by atoms with van der Waals surface area (Å²) in [6, 6.07) is 19.5. The number of likely N-dealkylation sites (N-methyl/N-ethyl adjacent to an activating group) is 1. The standard InChI is InChI=1S/C21H22N4O/c1-24-12-14-25(15-13-24)20-9-5-4-8-18(20)23-21(26)19-11-10-16-6-2-3-7-17(16)22-19/h2-11H,12-15H2,1H3,(H,23,26). The number of nitrogens with one attached hydrogen (secondary N) is 1. The monoisotopic (exact) mass is 346 g/mol. The van der Waals surface area contributed by atoms with Crippen LogP contribution in [0.25, 0.3) is 10.9 Å². The Hall–Kier alpha value is -2.92. The third-order valence-corrected chi connectivity index (χ3v) is 4.83. The van der Waals surface area contributed by atoms with Crippen LogP contribution in [-0.4, -0.2) is 49.0 Å². The summed E-state index contributed by atoms with van der Waals surface area (Å²) < 4.78 is 0. The maximum atomic E-state index is 12.7. The van der Waals surface area contributed by atoms with Crippen LogP contribution in [0.4, 0.5) is 11.4 Å².